The Balaban J connectivity index is -0.000000667. The van der Waals surface area contributed by atoms with Gasteiger partial charge in [-0.15, -0.1) is 10.7 Å². The van der Waals surface area contributed by atoms with Crippen molar-refractivity contribution in [2.75, 3.05) is 14.1 Å². The van der Waals surface area contributed by atoms with Crippen molar-refractivity contribution >= 4 is 37.6 Å². The standard InChI is InChI=1S/C24H24N3O4S.3CH4.2Na.H2O4S/c1-4-23(18-10-14-21(15-11-18)25-26-27(2)3)24(19-8-6-5-7-9-19)20-12-16-22(17-13-20)31-32(28,29)30;;;;;;1-5(2,3)4/h5-6,8-17H,4H2,1-3H3,(H,28,29,30);3*1H4;;;(H2,1,2,3,4)/q-1;;;;2*+1;/p-2/b24-23-,26-25?;;;;;;. The Morgan fingerprint density at radius 2 is 1.38 bits per heavy atom. The summed E-state index contributed by atoms with van der Waals surface area (Å²) in [7, 11) is -6.13. The van der Waals surface area contributed by atoms with Gasteiger partial charge in [-0.2, -0.15) is 30.3 Å². The Bertz CT molecular complexity index is 1440. The van der Waals surface area contributed by atoms with Crippen molar-refractivity contribution in [3.8, 4) is 5.75 Å². The van der Waals surface area contributed by atoms with Gasteiger partial charge in [0.05, 0.1) is 5.69 Å². The zero-order valence-electron chi connectivity index (χ0n) is 22.1. The summed E-state index contributed by atoms with van der Waals surface area (Å²) in [5.41, 5.74) is 5.65. The van der Waals surface area contributed by atoms with Crippen LogP contribution >= 0.6 is 0 Å². The predicted octanol–water partition coefficient (Wildman–Crippen LogP) is 0.176. The maximum atomic E-state index is 10.9. The van der Waals surface area contributed by atoms with E-state index in [0.717, 1.165) is 39.9 Å². The maximum Gasteiger partial charge on any atom is 1.00 e. The van der Waals surface area contributed by atoms with Gasteiger partial charge in [-0.3, -0.25) is 9.56 Å². The molecule has 0 aliphatic carbocycles. The maximum absolute atomic E-state index is 10.9. The van der Waals surface area contributed by atoms with Crippen LogP contribution in [-0.2, 0) is 20.8 Å². The van der Waals surface area contributed by atoms with Gasteiger partial charge in [0.25, 0.3) is 10.4 Å². The number of nitrogens with zero attached hydrogens (tertiary/aromatic N) is 3. The van der Waals surface area contributed by atoms with Gasteiger partial charge in [0, 0.05) is 14.1 Å². The molecule has 0 saturated carbocycles. The topological polar surface area (TPSA) is 172 Å². The first kappa shape index (κ1) is 47.3. The normalized spacial score (nSPS) is 10.9. The molecular formula is C27H36N3Na2O8S2-. The summed E-state index contributed by atoms with van der Waals surface area (Å²) < 4.78 is 69.9. The molecule has 1 N–H and O–H groups in total. The molecule has 0 bridgehead atoms. The molecule has 0 radical (unpaired) electrons. The molecule has 3 aromatic carbocycles. The minimum atomic E-state index is -4.92. The van der Waals surface area contributed by atoms with E-state index in [2.05, 4.69) is 27.5 Å². The molecular weight excluding hydrogens is 604 g/mol. The van der Waals surface area contributed by atoms with Gasteiger partial charge < -0.3 is 13.3 Å². The van der Waals surface area contributed by atoms with E-state index in [4.69, 9.17) is 17.5 Å². The van der Waals surface area contributed by atoms with Gasteiger partial charge in [0.2, 0.25) is 10.4 Å². The molecule has 0 atom stereocenters. The van der Waals surface area contributed by atoms with Crippen molar-refractivity contribution in [2.24, 2.45) is 10.3 Å². The van der Waals surface area contributed by atoms with E-state index in [-0.39, 0.29) is 87.1 Å². The summed E-state index contributed by atoms with van der Waals surface area (Å²) in [6.07, 6.45) is 0.746. The van der Waals surface area contributed by atoms with Crippen LogP contribution in [0.15, 0.2) is 83.1 Å². The molecule has 0 aromatic heterocycles. The van der Waals surface area contributed by atoms with E-state index < -0.39 is 20.8 Å². The summed E-state index contributed by atoms with van der Waals surface area (Å²) in [5.74, 6) is -0.0311. The molecule has 3 rings (SSSR count). The van der Waals surface area contributed by atoms with Crippen LogP contribution in [0.1, 0.15) is 52.3 Å². The zero-order valence-corrected chi connectivity index (χ0v) is 27.7. The molecule has 15 heteroatoms. The first-order valence-corrected chi connectivity index (χ1v) is 13.3. The van der Waals surface area contributed by atoms with Crippen LogP contribution in [0.25, 0.3) is 11.1 Å². The number of hydrogen-bond donors (Lipinski definition) is 1. The first-order chi connectivity index (χ1) is 17.3. The Hall–Kier alpha value is -1.62. The van der Waals surface area contributed by atoms with E-state index in [0.29, 0.717) is 0 Å². The molecule has 0 saturated heterocycles. The van der Waals surface area contributed by atoms with E-state index in [9.17, 15) is 13.0 Å². The van der Waals surface area contributed by atoms with Crippen molar-refractivity contribution in [3.05, 3.63) is 95.6 Å². The van der Waals surface area contributed by atoms with Gasteiger partial charge in [-0.1, -0.05) is 64.3 Å². The van der Waals surface area contributed by atoms with Crippen LogP contribution in [0, 0.1) is 6.07 Å². The molecule has 0 fully saturated rings. The number of hydrogen-bond acceptors (Lipinski definition) is 9. The fraction of sp³-hybridized carbons (Fsp3) is 0.259. The van der Waals surface area contributed by atoms with Crippen molar-refractivity contribution in [3.63, 3.8) is 0 Å². The van der Waals surface area contributed by atoms with E-state index in [1.807, 2.05) is 62.6 Å². The Kier molecular flexibility index (Phi) is 24.8. The predicted molar refractivity (Wildman–Crippen MR) is 155 cm³/mol. The molecule has 0 heterocycles. The van der Waals surface area contributed by atoms with Crippen LogP contribution in [0.2, 0.25) is 0 Å². The minimum absolute atomic E-state index is 0. The Morgan fingerprint density at radius 3 is 1.79 bits per heavy atom. The fourth-order valence-corrected chi connectivity index (χ4v) is 3.60. The third kappa shape index (κ3) is 18.1. The van der Waals surface area contributed by atoms with Crippen molar-refractivity contribution in [1.29, 1.82) is 0 Å². The number of benzene rings is 3. The largest absolute Gasteiger partial charge is 1.00 e. The van der Waals surface area contributed by atoms with Gasteiger partial charge in [0.15, 0.2) is 0 Å². The molecule has 0 unspecified atom stereocenters. The molecule has 3 aromatic rings. The number of allylic oxidation sites excluding steroid dienone is 1. The fourth-order valence-electron chi connectivity index (χ4n) is 3.25. The van der Waals surface area contributed by atoms with Crippen LogP contribution in [0.4, 0.5) is 5.69 Å². The van der Waals surface area contributed by atoms with Crippen LogP contribution in [0.3, 0.4) is 0 Å². The molecule has 0 aliphatic heterocycles. The third-order valence-electron chi connectivity index (χ3n) is 4.55. The molecule has 0 aliphatic rings. The SMILES string of the molecule is C.C.C.CC/C(=C(\c1c[c-]ccc1)c1ccc(OS(=O)(=O)[O-])cc1)c1ccc(N=NN(C)C)cc1.O=S(=O)([O-])O.[Na+].[Na+]. The summed E-state index contributed by atoms with van der Waals surface area (Å²) >= 11 is 0. The molecule has 11 nitrogen and oxygen atoms in total. The molecule has 0 amide bonds. The molecule has 42 heavy (non-hydrogen) atoms. The Labute approximate surface area is 295 Å². The monoisotopic (exact) mass is 640 g/mol. The smallest absolute Gasteiger partial charge is 0.726 e. The van der Waals surface area contributed by atoms with E-state index >= 15 is 0 Å². The summed E-state index contributed by atoms with van der Waals surface area (Å²) in [6.45, 7) is 2.07. The second-order valence-electron chi connectivity index (χ2n) is 7.53. The second kappa shape index (κ2) is 22.0. The molecule has 0 spiro atoms. The van der Waals surface area contributed by atoms with Gasteiger partial charge in [-0.05, 0) is 47.4 Å². The third-order valence-corrected chi connectivity index (χ3v) is 4.94. The van der Waals surface area contributed by atoms with Gasteiger partial charge in [0.1, 0.15) is 5.75 Å². The van der Waals surface area contributed by atoms with Crippen LogP contribution in [-0.4, -0.2) is 49.6 Å². The average molecular weight is 641 g/mol. The second-order valence-corrected chi connectivity index (χ2v) is 9.37. The van der Waals surface area contributed by atoms with Crippen LogP contribution < -0.4 is 63.3 Å². The molecule has 222 valence electrons. The van der Waals surface area contributed by atoms with E-state index in [1.54, 1.807) is 17.1 Å². The number of rotatable bonds is 8. The average Bonchev–Trinajstić information content (AvgIpc) is 2.81. The Morgan fingerprint density at radius 1 is 0.881 bits per heavy atom. The van der Waals surface area contributed by atoms with Gasteiger partial charge in [-0.25, -0.2) is 16.8 Å². The summed E-state index contributed by atoms with van der Waals surface area (Å²) in [6, 6.07) is 25.0. The minimum Gasteiger partial charge on any atom is -0.726 e. The van der Waals surface area contributed by atoms with Crippen molar-refractivity contribution in [1.82, 2.24) is 5.01 Å². The van der Waals surface area contributed by atoms with Crippen molar-refractivity contribution < 1.29 is 93.8 Å². The zero-order chi connectivity index (χ0) is 27.6. The van der Waals surface area contributed by atoms with Gasteiger partial charge >= 0.3 is 59.1 Å². The van der Waals surface area contributed by atoms with E-state index in [1.165, 1.54) is 12.1 Å². The summed E-state index contributed by atoms with van der Waals surface area (Å²) in [4.78, 5) is 0. The summed E-state index contributed by atoms with van der Waals surface area (Å²) in [5, 5.41) is 9.82. The van der Waals surface area contributed by atoms with Crippen molar-refractivity contribution in [2.45, 2.75) is 35.6 Å². The first-order valence-electron chi connectivity index (χ1n) is 10.6. The quantitative estimate of drug-likeness (QED) is 0.0686. The van der Waals surface area contributed by atoms with Crippen LogP contribution in [0.5, 0.6) is 5.75 Å².